The van der Waals surface area contributed by atoms with E-state index in [1.165, 1.54) is 0 Å². The summed E-state index contributed by atoms with van der Waals surface area (Å²) in [5, 5.41) is 44.5. The van der Waals surface area contributed by atoms with Crippen molar-refractivity contribution in [2.24, 2.45) is 0 Å². The molecular formula is C9H20O5. The van der Waals surface area contributed by atoms with Crippen molar-refractivity contribution >= 4 is 0 Å². The first kappa shape index (κ1) is 13.8. The van der Waals surface area contributed by atoms with Gasteiger partial charge in [0.15, 0.2) is 0 Å². The number of aliphatic hydroxyl groups excluding tert-OH is 5. The maximum atomic E-state index is 9.36. The van der Waals surface area contributed by atoms with Crippen LogP contribution in [-0.2, 0) is 0 Å². The molecule has 0 aliphatic rings. The zero-order valence-corrected chi connectivity index (χ0v) is 8.21. The quantitative estimate of drug-likeness (QED) is 0.338. The highest BCUT2D eigenvalue weighted by Crippen LogP contribution is 2.09. The molecule has 0 aromatic carbocycles. The van der Waals surface area contributed by atoms with E-state index < -0.39 is 18.3 Å². The molecule has 0 radical (unpaired) electrons. The molecule has 0 bridgehead atoms. The monoisotopic (exact) mass is 208 g/mol. The SMILES string of the molecule is OCCC(O)CC(O)CCC(O)CO. The van der Waals surface area contributed by atoms with E-state index in [4.69, 9.17) is 15.3 Å². The van der Waals surface area contributed by atoms with Crippen molar-refractivity contribution in [2.45, 2.75) is 44.0 Å². The minimum absolute atomic E-state index is 0.104. The fourth-order valence-corrected chi connectivity index (χ4v) is 1.17. The van der Waals surface area contributed by atoms with Crippen LogP contribution < -0.4 is 0 Å². The molecule has 0 saturated heterocycles. The maximum absolute atomic E-state index is 9.36. The lowest BCUT2D eigenvalue weighted by Gasteiger charge is -2.15. The molecule has 5 N–H and O–H groups in total. The van der Waals surface area contributed by atoms with Gasteiger partial charge >= 0.3 is 0 Å². The van der Waals surface area contributed by atoms with Gasteiger partial charge in [-0.05, 0) is 25.7 Å². The van der Waals surface area contributed by atoms with Crippen LogP contribution in [0.1, 0.15) is 25.7 Å². The molecule has 0 heterocycles. The third-order valence-electron chi connectivity index (χ3n) is 2.05. The fraction of sp³-hybridized carbons (Fsp3) is 1.00. The average molecular weight is 208 g/mol. The summed E-state index contributed by atoms with van der Waals surface area (Å²) in [7, 11) is 0. The lowest BCUT2D eigenvalue weighted by molar-refractivity contribution is 0.0394. The van der Waals surface area contributed by atoms with Crippen molar-refractivity contribution in [3.63, 3.8) is 0 Å². The minimum atomic E-state index is -0.806. The second kappa shape index (κ2) is 8.14. The molecule has 0 fully saturated rings. The molecule has 3 atom stereocenters. The van der Waals surface area contributed by atoms with Crippen molar-refractivity contribution in [3.8, 4) is 0 Å². The first-order valence-corrected chi connectivity index (χ1v) is 4.86. The van der Waals surface area contributed by atoms with Gasteiger partial charge in [-0.1, -0.05) is 0 Å². The smallest absolute Gasteiger partial charge is 0.0771 e. The van der Waals surface area contributed by atoms with Crippen LogP contribution >= 0.6 is 0 Å². The van der Waals surface area contributed by atoms with E-state index in [0.717, 1.165) is 0 Å². The Hall–Kier alpha value is -0.200. The predicted molar refractivity (Wildman–Crippen MR) is 50.7 cm³/mol. The molecule has 0 aliphatic heterocycles. The van der Waals surface area contributed by atoms with Gasteiger partial charge < -0.3 is 25.5 Å². The molecule has 0 rings (SSSR count). The Morgan fingerprint density at radius 2 is 1.21 bits per heavy atom. The molecular weight excluding hydrogens is 188 g/mol. The van der Waals surface area contributed by atoms with Gasteiger partial charge in [0, 0.05) is 6.61 Å². The molecule has 5 nitrogen and oxygen atoms in total. The van der Waals surface area contributed by atoms with Crippen LogP contribution in [0.3, 0.4) is 0 Å². The summed E-state index contributed by atoms with van der Waals surface area (Å²) in [6, 6.07) is 0. The lowest BCUT2D eigenvalue weighted by Crippen LogP contribution is -2.21. The highest BCUT2D eigenvalue weighted by Gasteiger charge is 2.13. The largest absolute Gasteiger partial charge is 0.396 e. The van der Waals surface area contributed by atoms with Gasteiger partial charge in [-0.2, -0.15) is 0 Å². The molecule has 14 heavy (non-hydrogen) atoms. The Labute approximate surface area is 83.6 Å². The molecule has 5 heteroatoms. The maximum Gasteiger partial charge on any atom is 0.0771 e. The zero-order valence-electron chi connectivity index (χ0n) is 8.21. The Morgan fingerprint density at radius 3 is 1.71 bits per heavy atom. The number of hydrogen-bond donors (Lipinski definition) is 5. The van der Waals surface area contributed by atoms with Crippen LogP contribution in [0.25, 0.3) is 0 Å². The topological polar surface area (TPSA) is 101 Å². The van der Waals surface area contributed by atoms with Gasteiger partial charge in [0.2, 0.25) is 0 Å². The summed E-state index contributed by atoms with van der Waals surface area (Å²) in [4.78, 5) is 0. The van der Waals surface area contributed by atoms with Crippen LogP contribution in [-0.4, -0.2) is 57.1 Å². The van der Waals surface area contributed by atoms with E-state index in [1.54, 1.807) is 0 Å². The van der Waals surface area contributed by atoms with Gasteiger partial charge in [0.1, 0.15) is 0 Å². The Kier molecular flexibility index (Phi) is 8.02. The van der Waals surface area contributed by atoms with Gasteiger partial charge in [0.05, 0.1) is 24.9 Å². The molecule has 0 aromatic rings. The summed E-state index contributed by atoms with van der Waals surface area (Å²) in [5.41, 5.74) is 0. The first-order chi connectivity index (χ1) is 6.60. The highest BCUT2D eigenvalue weighted by atomic mass is 16.3. The summed E-state index contributed by atoms with van der Waals surface area (Å²) in [6.45, 7) is -0.418. The van der Waals surface area contributed by atoms with Crippen molar-refractivity contribution in [3.05, 3.63) is 0 Å². The third kappa shape index (κ3) is 7.23. The van der Waals surface area contributed by atoms with E-state index in [2.05, 4.69) is 0 Å². The molecule has 0 aromatic heterocycles. The van der Waals surface area contributed by atoms with E-state index in [0.29, 0.717) is 12.8 Å². The standard InChI is InChI=1S/C9H20O5/c10-4-3-8(13)5-7(12)1-2-9(14)6-11/h7-14H,1-6H2. The Bertz CT molecular complexity index is 130. The van der Waals surface area contributed by atoms with Crippen LogP contribution in [0.4, 0.5) is 0 Å². The third-order valence-corrected chi connectivity index (χ3v) is 2.05. The van der Waals surface area contributed by atoms with Gasteiger partial charge in [-0.15, -0.1) is 0 Å². The second-order valence-electron chi connectivity index (χ2n) is 3.47. The summed E-state index contributed by atoms with van der Waals surface area (Å²) in [5.74, 6) is 0. The lowest BCUT2D eigenvalue weighted by atomic mass is 10.0. The second-order valence-corrected chi connectivity index (χ2v) is 3.47. The predicted octanol–water partition coefficient (Wildman–Crippen LogP) is -1.39. The van der Waals surface area contributed by atoms with Crippen LogP contribution in [0.5, 0.6) is 0 Å². The molecule has 3 unspecified atom stereocenters. The summed E-state index contributed by atoms with van der Waals surface area (Å²) >= 11 is 0. The molecule has 86 valence electrons. The number of rotatable bonds is 8. The van der Waals surface area contributed by atoms with Gasteiger partial charge in [-0.25, -0.2) is 0 Å². The number of aliphatic hydroxyl groups is 5. The molecule has 0 amide bonds. The normalized spacial score (nSPS) is 17.8. The Balaban J connectivity index is 3.49. The van der Waals surface area contributed by atoms with Gasteiger partial charge in [0.25, 0.3) is 0 Å². The molecule has 0 aliphatic carbocycles. The first-order valence-electron chi connectivity index (χ1n) is 4.86. The van der Waals surface area contributed by atoms with Crippen LogP contribution in [0.15, 0.2) is 0 Å². The van der Waals surface area contributed by atoms with E-state index in [1.807, 2.05) is 0 Å². The Morgan fingerprint density at radius 1 is 0.714 bits per heavy atom. The molecule has 0 saturated carbocycles. The fourth-order valence-electron chi connectivity index (χ4n) is 1.17. The average Bonchev–Trinajstić information content (AvgIpc) is 2.14. The van der Waals surface area contributed by atoms with E-state index in [9.17, 15) is 10.2 Å². The summed E-state index contributed by atoms with van der Waals surface area (Å²) < 4.78 is 0. The zero-order chi connectivity index (χ0) is 11.0. The number of hydrogen-bond acceptors (Lipinski definition) is 5. The highest BCUT2D eigenvalue weighted by molar-refractivity contribution is 4.65. The van der Waals surface area contributed by atoms with Crippen molar-refractivity contribution in [1.29, 1.82) is 0 Å². The van der Waals surface area contributed by atoms with Crippen molar-refractivity contribution in [2.75, 3.05) is 13.2 Å². The van der Waals surface area contributed by atoms with Crippen LogP contribution in [0.2, 0.25) is 0 Å². The summed E-state index contributed by atoms with van der Waals surface area (Å²) in [6.07, 6.45) is -1.12. The van der Waals surface area contributed by atoms with Crippen molar-refractivity contribution < 1.29 is 25.5 Å². The van der Waals surface area contributed by atoms with E-state index >= 15 is 0 Å². The minimum Gasteiger partial charge on any atom is -0.396 e. The van der Waals surface area contributed by atoms with Crippen LogP contribution in [0, 0.1) is 0 Å². The van der Waals surface area contributed by atoms with E-state index in [-0.39, 0.29) is 26.1 Å². The molecule has 0 spiro atoms. The van der Waals surface area contributed by atoms with Crippen molar-refractivity contribution in [1.82, 2.24) is 0 Å². The van der Waals surface area contributed by atoms with Gasteiger partial charge in [-0.3, -0.25) is 0 Å².